The van der Waals surface area contributed by atoms with E-state index in [9.17, 15) is 9.59 Å². The van der Waals surface area contributed by atoms with Crippen LogP contribution in [0.5, 0.6) is 5.75 Å². The van der Waals surface area contributed by atoms with Crippen LogP contribution in [0.2, 0.25) is 0 Å². The van der Waals surface area contributed by atoms with Gasteiger partial charge in [-0.1, -0.05) is 25.1 Å². The molecule has 1 aromatic heterocycles. The van der Waals surface area contributed by atoms with E-state index in [0.29, 0.717) is 6.61 Å². The molecule has 2 aromatic rings. The van der Waals surface area contributed by atoms with Crippen LogP contribution >= 0.6 is 0 Å². The van der Waals surface area contributed by atoms with E-state index in [0.717, 1.165) is 17.7 Å². The number of anilines is 1. The lowest BCUT2D eigenvalue weighted by molar-refractivity contribution is -0.116. The van der Waals surface area contributed by atoms with E-state index < -0.39 is 0 Å². The Bertz CT molecular complexity index is 707. The summed E-state index contributed by atoms with van der Waals surface area (Å²) in [5.41, 5.74) is 1.43. The van der Waals surface area contributed by atoms with E-state index in [1.165, 1.54) is 4.57 Å². The van der Waals surface area contributed by atoms with Crippen LogP contribution in [0.25, 0.3) is 0 Å². The molecular weight excluding hydrogens is 280 g/mol. The molecule has 0 fully saturated rings. The summed E-state index contributed by atoms with van der Waals surface area (Å²) in [6.45, 7) is 4.32. The van der Waals surface area contributed by atoms with E-state index in [4.69, 9.17) is 4.74 Å². The van der Waals surface area contributed by atoms with Gasteiger partial charge in [0.2, 0.25) is 5.91 Å². The molecule has 0 aliphatic carbocycles. The SMILES string of the molecule is CCCOc1cccn(CC(=O)Nc2ccccc2C)c1=O. The number of carbonyl (C=O) groups excluding carboxylic acids is 1. The molecule has 0 saturated carbocycles. The topological polar surface area (TPSA) is 60.3 Å². The minimum atomic E-state index is -0.295. The van der Waals surface area contributed by atoms with Gasteiger partial charge in [0, 0.05) is 11.9 Å². The van der Waals surface area contributed by atoms with Crippen molar-refractivity contribution >= 4 is 11.6 Å². The van der Waals surface area contributed by atoms with E-state index in [1.807, 2.05) is 38.1 Å². The summed E-state index contributed by atoms with van der Waals surface area (Å²) in [6, 6.07) is 10.8. The first-order valence-electron chi connectivity index (χ1n) is 7.29. The summed E-state index contributed by atoms with van der Waals surface area (Å²) in [6.07, 6.45) is 2.40. The third kappa shape index (κ3) is 3.97. The van der Waals surface area contributed by atoms with Crippen LogP contribution in [0.4, 0.5) is 5.69 Å². The van der Waals surface area contributed by atoms with Crippen molar-refractivity contribution in [3.05, 3.63) is 58.5 Å². The Kier molecular flexibility index (Phi) is 5.36. The van der Waals surface area contributed by atoms with Crippen LogP contribution < -0.4 is 15.6 Å². The first kappa shape index (κ1) is 15.8. The number of benzene rings is 1. The third-order valence-electron chi connectivity index (χ3n) is 3.18. The van der Waals surface area contributed by atoms with Crippen LogP contribution in [0.3, 0.4) is 0 Å². The molecule has 22 heavy (non-hydrogen) atoms. The zero-order chi connectivity index (χ0) is 15.9. The molecule has 0 unspecified atom stereocenters. The van der Waals surface area contributed by atoms with E-state index in [-0.39, 0.29) is 23.8 Å². The van der Waals surface area contributed by atoms with Crippen molar-refractivity contribution in [2.75, 3.05) is 11.9 Å². The minimum absolute atomic E-state index is 0.0451. The molecule has 1 heterocycles. The summed E-state index contributed by atoms with van der Waals surface area (Å²) < 4.78 is 6.73. The normalized spacial score (nSPS) is 10.3. The first-order valence-corrected chi connectivity index (χ1v) is 7.29. The molecule has 2 rings (SSSR count). The highest BCUT2D eigenvalue weighted by Gasteiger charge is 2.09. The predicted octanol–water partition coefficient (Wildman–Crippen LogP) is 2.58. The number of rotatable bonds is 6. The number of para-hydroxylation sites is 1. The van der Waals surface area contributed by atoms with Crippen LogP contribution in [0.15, 0.2) is 47.4 Å². The smallest absolute Gasteiger partial charge is 0.293 e. The highest BCUT2D eigenvalue weighted by atomic mass is 16.5. The van der Waals surface area contributed by atoms with Crippen molar-refractivity contribution in [2.24, 2.45) is 0 Å². The fourth-order valence-corrected chi connectivity index (χ4v) is 2.02. The van der Waals surface area contributed by atoms with Crippen molar-refractivity contribution in [1.29, 1.82) is 0 Å². The van der Waals surface area contributed by atoms with Crippen LogP contribution in [0.1, 0.15) is 18.9 Å². The maximum absolute atomic E-state index is 12.2. The number of pyridine rings is 1. The molecule has 0 atom stereocenters. The van der Waals surface area contributed by atoms with Crippen LogP contribution in [-0.2, 0) is 11.3 Å². The Hall–Kier alpha value is -2.56. The highest BCUT2D eigenvalue weighted by molar-refractivity contribution is 5.91. The first-order chi connectivity index (χ1) is 10.6. The maximum Gasteiger partial charge on any atom is 0.293 e. The summed E-state index contributed by atoms with van der Waals surface area (Å²) >= 11 is 0. The average molecular weight is 300 g/mol. The molecule has 5 nitrogen and oxygen atoms in total. The zero-order valence-corrected chi connectivity index (χ0v) is 12.8. The molecule has 1 N–H and O–H groups in total. The van der Waals surface area contributed by atoms with Crippen molar-refractivity contribution in [2.45, 2.75) is 26.8 Å². The molecule has 116 valence electrons. The van der Waals surface area contributed by atoms with Gasteiger partial charge in [-0.05, 0) is 37.1 Å². The van der Waals surface area contributed by atoms with Gasteiger partial charge < -0.3 is 14.6 Å². The average Bonchev–Trinajstić information content (AvgIpc) is 2.50. The number of nitrogens with one attached hydrogen (secondary N) is 1. The lowest BCUT2D eigenvalue weighted by Crippen LogP contribution is -2.28. The van der Waals surface area contributed by atoms with Gasteiger partial charge in [0.05, 0.1) is 6.61 Å². The Morgan fingerprint density at radius 2 is 2.00 bits per heavy atom. The zero-order valence-electron chi connectivity index (χ0n) is 12.8. The quantitative estimate of drug-likeness (QED) is 0.892. The van der Waals surface area contributed by atoms with E-state index in [1.54, 1.807) is 18.3 Å². The number of hydrogen-bond donors (Lipinski definition) is 1. The van der Waals surface area contributed by atoms with Gasteiger partial charge in [-0.15, -0.1) is 0 Å². The number of amides is 1. The van der Waals surface area contributed by atoms with Crippen LogP contribution in [-0.4, -0.2) is 17.1 Å². The van der Waals surface area contributed by atoms with Crippen molar-refractivity contribution in [3.8, 4) is 5.75 Å². The Morgan fingerprint density at radius 3 is 2.73 bits per heavy atom. The van der Waals surface area contributed by atoms with Gasteiger partial charge >= 0.3 is 0 Å². The summed E-state index contributed by atoms with van der Waals surface area (Å²) in [4.78, 5) is 24.3. The fraction of sp³-hybridized carbons (Fsp3) is 0.294. The van der Waals surface area contributed by atoms with Gasteiger partial charge in [-0.25, -0.2) is 0 Å². The molecule has 0 aliphatic rings. The molecule has 1 aromatic carbocycles. The number of hydrogen-bond acceptors (Lipinski definition) is 3. The Balaban J connectivity index is 2.09. The molecular formula is C17H20N2O3. The molecule has 0 saturated heterocycles. The summed E-state index contributed by atoms with van der Waals surface area (Å²) in [5, 5.41) is 2.81. The Morgan fingerprint density at radius 1 is 1.23 bits per heavy atom. The van der Waals surface area contributed by atoms with Gasteiger partial charge in [0.15, 0.2) is 5.75 Å². The van der Waals surface area contributed by atoms with Crippen molar-refractivity contribution in [3.63, 3.8) is 0 Å². The largest absolute Gasteiger partial charge is 0.488 e. The van der Waals surface area contributed by atoms with Crippen molar-refractivity contribution in [1.82, 2.24) is 4.57 Å². The molecule has 5 heteroatoms. The predicted molar refractivity (Wildman–Crippen MR) is 86.3 cm³/mol. The van der Waals surface area contributed by atoms with Gasteiger partial charge in [0.25, 0.3) is 5.56 Å². The summed E-state index contributed by atoms with van der Waals surface area (Å²) in [5.74, 6) is 0.0251. The van der Waals surface area contributed by atoms with E-state index >= 15 is 0 Å². The molecule has 1 amide bonds. The van der Waals surface area contributed by atoms with Gasteiger partial charge in [-0.3, -0.25) is 9.59 Å². The number of ether oxygens (including phenoxy) is 1. The lowest BCUT2D eigenvalue weighted by atomic mass is 10.2. The van der Waals surface area contributed by atoms with Crippen molar-refractivity contribution < 1.29 is 9.53 Å². The van der Waals surface area contributed by atoms with Gasteiger partial charge in [0.1, 0.15) is 6.54 Å². The number of nitrogens with zero attached hydrogens (tertiary/aromatic N) is 1. The second-order valence-corrected chi connectivity index (χ2v) is 5.02. The standard InChI is InChI=1S/C17H20N2O3/c1-3-11-22-15-9-6-10-19(17(15)21)12-16(20)18-14-8-5-4-7-13(14)2/h4-10H,3,11-12H2,1-2H3,(H,18,20). The highest BCUT2D eigenvalue weighted by Crippen LogP contribution is 2.13. The fourth-order valence-electron chi connectivity index (χ4n) is 2.02. The maximum atomic E-state index is 12.2. The van der Waals surface area contributed by atoms with Crippen LogP contribution in [0, 0.1) is 6.92 Å². The molecule has 0 aliphatic heterocycles. The molecule has 0 bridgehead atoms. The van der Waals surface area contributed by atoms with Gasteiger partial charge in [-0.2, -0.15) is 0 Å². The third-order valence-corrected chi connectivity index (χ3v) is 3.18. The second kappa shape index (κ2) is 7.45. The monoisotopic (exact) mass is 300 g/mol. The molecule has 0 radical (unpaired) electrons. The number of aryl methyl sites for hydroxylation is 1. The number of carbonyl (C=O) groups is 1. The summed E-state index contributed by atoms with van der Waals surface area (Å²) in [7, 11) is 0. The number of aromatic nitrogens is 1. The molecule has 0 spiro atoms. The minimum Gasteiger partial charge on any atom is -0.488 e. The second-order valence-electron chi connectivity index (χ2n) is 5.02. The lowest BCUT2D eigenvalue weighted by Gasteiger charge is -2.11. The van der Waals surface area contributed by atoms with E-state index in [2.05, 4.69) is 5.32 Å². The Labute approximate surface area is 129 Å².